The number of hydrogen-bond acceptors (Lipinski definition) is 3. The first kappa shape index (κ1) is 13.7. The molecule has 5 heteroatoms. The summed E-state index contributed by atoms with van der Waals surface area (Å²) >= 11 is 0. The van der Waals surface area contributed by atoms with Crippen molar-refractivity contribution >= 4 is 11.9 Å². The number of carboxylic acids is 1. The lowest BCUT2D eigenvalue weighted by molar-refractivity contribution is -0.142. The van der Waals surface area contributed by atoms with E-state index < -0.39 is 12.0 Å². The molecule has 94 valence electrons. The van der Waals surface area contributed by atoms with Gasteiger partial charge in [0.2, 0.25) is 0 Å². The number of carbonyl (C=O) groups is 2. The minimum atomic E-state index is -1.03. The van der Waals surface area contributed by atoms with Gasteiger partial charge >= 0.3 is 5.97 Å². The Morgan fingerprint density at radius 2 is 1.94 bits per heavy atom. The molecule has 1 unspecified atom stereocenters. The van der Waals surface area contributed by atoms with Gasteiger partial charge in [0.25, 0.3) is 5.91 Å². The highest BCUT2D eigenvalue weighted by Crippen LogP contribution is 2.10. The molecule has 0 heterocycles. The molecule has 1 atom stereocenters. The van der Waals surface area contributed by atoms with Gasteiger partial charge in [-0.3, -0.25) is 4.79 Å². The molecule has 18 heavy (non-hydrogen) atoms. The van der Waals surface area contributed by atoms with Crippen LogP contribution in [0.4, 0.5) is 0 Å². The quantitative estimate of drug-likeness (QED) is 0.872. The zero-order valence-electron chi connectivity index (χ0n) is 10.3. The number of likely N-dealkylation sites (N-methyl/N-ethyl adjacent to an activating group) is 1. The molecule has 0 aliphatic carbocycles. The van der Waals surface area contributed by atoms with E-state index in [0.717, 1.165) is 0 Å². The second-order valence-electron chi connectivity index (χ2n) is 3.87. The third-order valence-electron chi connectivity index (χ3n) is 2.72. The lowest BCUT2D eigenvalue weighted by Gasteiger charge is -2.23. The van der Waals surface area contributed by atoms with E-state index in [2.05, 4.69) is 0 Å². The Morgan fingerprint density at radius 1 is 1.39 bits per heavy atom. The average molecular weight is 246 g/mol. The third-order valence-corrected chi connectivity index (χ3v) is 2.72. The van der Waals surface area contributed by atoms with Crippen LogP contribution in [0.15, 0.2) is 24.3 Å². The van der Waals surface area contributed by atoms with E-state index in [9.17, 15) is 9.59 Å². The van der Waals surface area contributed by atoms with Crippen LogP contribution in [0.3, 0.4) is 0 Å². The predicted octanol–water partition coefficient (Wildman–Crippen LogP) is 1.49. The Morgan fingerprint density at radius 3 is 2.33 bits per heavy atom. The topological polar surface area (TPSA) is 81.4 Å². The van der Waals surface area contributed by atoms with Crippen molar-refractivity contribution in [3.63, 3.8) is 0 Å². The molecule has 0 aliphatic heterocycles. The fraction of sp³-hybridized carbons (Fsp3) is 0.308. The van der Waals surface area contributed by atoms with Crippen LogP contribution in [-0.2, 0) is 4.79 Å². The van der Waals surface area contributed by atoms with Crippen LogP contribution >= 0.6 is 0 Å². The van der Waals surface area contributed by atoms with Gasteiger partial charge in [-0.05, 0) is 30.7 Å². The van der Waals surface area contributed by atoms with E-state index in [1.54, 1.807) is 6.92 Å². The molecule has 1 N–H and O–H groups in total. The lowest BCUT2D eigenvalue weighted by Crippen LogP contribution is -2.41. The Hall–Kier alpha value is -2.35. The van der Waals surface area contributed by atoms with Crippen molar-refractivity contribution < 1.29 is 14.7 Å². The van der Waals surface area contributed by atoms with E-state index in [-0.39, 0.29) is 5.91 Å². The molecule has 0 saturated heterocycles. The molecule has 0 fully saturated rings. The number of carbonyl (C=O) groups excluding carboxylic acids is 1. The summed E-state index contributed by atoms with van der Waals surface area (Å²) in [4.78, 5) is 24.2. The van der Waals surface area contributed by atoms with Crippen LogP contribution in [-0.4, -0.2) is 35.0 Å². The summed E-state index contributed by atoms with van der Waals surface area (Å²) < 4.78 is 0. The van der Waals surface area contributed by atoms with Gasteiger partial charge in [-0.2, -0.15) is 5.26 Å². The average Bonchev–Trinajstić information content (AvgIpc) is 2.38. The Balaban J connectivity index is 2.92. The van der Waals surface area contributed by atoms with Crippen molar-refractivity contribution in [1.29, 1.82) is 5.26 Å². The molecule has 0 bridgehead atoms. The first-order valence-corrected chi connectivity index (χ1v) is 5.51. The van der Waals surface area contributed by atoms with Gasteiger partial charge in [0, 0.05) is 12.6 Å². The fourth-order valence-corrected chi connectivity index (χ4v) is 1.65. The van der Waals surface area contributed by atoms with Gasteiger partial charge in [0.15, 0.2) is 0 Å². The molecule has 0 spiro atoms. The normalized spacial score (nSPS) is 11.4. The number of carboxylic acid groups (broad SMARTS) is 1. The van der Waals surface area contributed by atoms with Crippen molar-refractivity contribution in [2.45, 2.75) is 19.4 Å². The van der Waals surface area contributed by atoms with Crippen LogP contribution in [0, 0.1) is 11.3 Å². The largest absolute Gasteiger partial charge is 0.480 e. The van der Waals surface area contributed by atoms with E-state index in [1.165, 1.54) is 36.2 Å². The van der Waals surface area contributed by atoms with E-state index in [0.29, 0.717) is 17.5 Å². The van der Waals surface area contributed by atoms with Gasteiger partial charge in [-0.15, -0.1) is 0 Å². The van der Waals surface area contributed by atoms with E-state index in [1.807, 2.05) is 6.07 Å². The van der Waals surface area contributed by atoms with Crippen molar-refractivity contribution in [1.82, 2.24) is 4.90 Å². The highest BCUT2D eigenvalue weighted by molar-refractivity contribution is 5.96. The maximum Gasteiger partial charge on any atom is 0.326 e. The number of nitriles is 1. The zero-order valence-corrected chi connectivity index (χ0v) is 10.3. The van der Waals surface area contributed by atoms with Crippen LogP contribution < -0.4 is 0 Å². The maximum atomic E-state index is 12.0. The number of rotatable bonds is 4. The van der Waals surface area contributed by atoms with E-state index >= 15 is 0 Å². The van der Waals surface area contributed by atoms with Gasteiger partial charge in [-0.25, -0.2) is 4.79 Å². The van der Waals surface area contributed by atoms with Crippen LogP contribution in [0.5, 0.6) is 0 Å². The minimum absolute atomic E-state index is 0.341. The molecule has 1 rings (SSSR count). The summed E-state index contributed by atoms with van der Waals surface area (Å²) in [6.07, 6.45) is 0.341. The molecule has 0 saturated carbocycles. The molecule has 5 nitrogen and oxygen atoms in total. The standard InChI is InChI=1S/C13H14N2O3/c1-3-11(13(17)18)15(2)12(16)10-6-4-9(8-14)5-7-10/h4-7,11H,3H2,1-2H3,(H,17,18). The molecule has 1 amide bonds. The van der Waals surface area contributed by atoms with E-state index in [4.69, 9.17) is 10.4 Å². The molecule has 1 aromatic carbocycles. The molecular formula is C13H14N2O3. The fourth-order valence-electron chi connectivity index (χ4n) is 1.65. The highest BCUT2D eigenvalue weighted by atomic mass is 16.4. The Bertz CT molecular complexity index is 488. The number of nitrogens with zero attached hydrogens (tertiary/aromatic N) is 2. The smallest absolute Gasteiger partial charge is 0.326 e. The SMILES string of the molecule is CCC(C(=O)O)N(C)C(=O)c1ccc(C#N)cc1. The van der Waals surface area contributed by atoms with Gasteiger partial charge in [0.05, 0.1) is 11.6 Å². The number of aliphatic carboxylic acids is 1. The van der Waals surface area contributed by atoms with Crippen molar-refractivity contribution in [3.05, 3.63) is 35.4 Å². The lowest BCUT2D eigenvalue weighted by atomic mass is 10.1. The summed E-state index contributed by atoms with van der Waals surface area (Å²) in [5.41, 5.74) is 0.829. The van der Waals surface area contributed by atoms with Crippen molar-refractivity contribution in [3.8, 4) is 6.07 Å². The first-order chi connectivity index (χ1) is 8.51. The number of benzene rings is 1. The summed E-state index contributed by atoms with van der Waals surface area (Å²) in [6, 6.07) is 7.22. The number of amides is 1. The van der Waals surface area contributed by atoms with Crippen molar-refractivity contribution in [2.24, 2.45) is 0 Å². The van der Waals surface area contributed by atoms with Gasteiger partial charge < -0.3 is 10.0 Å². The minimum Gasteiger partial charge on any atom is -0.480 e. The summed E-state index contributed by atoms with van der Waals surface area (Å²) in [5, 5.41) is 17.6. The van der Waals surface area contributed by atoms with Gasteiger partial charge in [-0.1, -0.05) is 6.92 Å². The third kappa shape index (κ3) is 2.86. The first-order valence-electron chi connectivity index (χ1n) is 5.51. The monoisotopic (exact) mass is 246 g/mol. The Labute approximate surface area is 105 Å². The molecular weight excluding hydrogens is 232 g/mol. The highest BCUT2D eigenvalue weighted by Gasteiger charge is 2.25. The van der Waals surface area contributed by atoms with Crippen LogP contribution in [0.2, 0.25) is 0 Å². The molecule has 0 aliphatic rings. The van der Waals surface area contributed by atoms with Crippen molar-refractivity contribution in [2.75, 3.05) is 7.05 Å². The second kappa shape index (κ2) is 5.82. The summed E-state index contributed by atoms with van der Waals surface area (Å²) in [6.45, 7) is 1.71. The summed E-state index contributed by atoms with van der Waals surface area (Å²) in [7, 11) is 1.46. The summed E-state index contributed by atoms with van der Waals surface area (Å²) in [5.74, 6) is -1.39. The molecule has 0 radical (unpaired) electrons. The van der Waals surface area contributed by atoms with Crippen LogP contribution in [0.25, 0.3) is 0 Å². The molecule has 0 aromatic heterocycles. The Kier molecular flexibility index (Phi) is 4.44. The maximum absolute atomic E-state index is 12.0. The second-order valence-corrected chi connectivity index (χ2v) is 3.87. The number of hydrogen-bond donors (Lipinski definition) is 1. The predicted molar refractivity (Wildman–Crippen MR) is 65.0 cm³/mol. The van der Waals surface area contributed by atoms with Gasteiger partial charge in [0.1, 0.15) is 6.04 Å². The zero-order chi connectivity index (χ0) is 13.7. The molecule has 1 aromatic rings. The van der Waals surface area contributed by atoms with Crippen LogP contribution in [0.1, 0.15) is 29.3 Å².